The molecular weight excluding hydrogens is 1670 g/mol. The molecule has 4 aliphatic carbocycles. The van der Waals surface area contributed by atoms with Gasteiger partial charge in [-0.25, -0.2) is 23.3 Å². The summed E-state index contributed by atoms with van der Waals surface area (Å²) in [5.74, 6) is -4.68. The van der Waals surface area contributed by atoms with Crippen LogP contribution >= 0.6 is 0 Å². The van der Waals surface area contributed by atoms with Crippen LogP contribution in [0.3, 0.4) is 0 Å². The van der Waals surface area contributed by atoms with Gasteiger partial charge in [0.05, 0.1) is 45.0 Å². The highest BCUT2D eigenvalue weighted by Gasteiger charge is 2.44. The van der Waals surface area contributed by atoms with Crippen molar-refractivity contribution in [2.24, 2.45) is 28.2 Å². The van der Waals surface area contributed by atoms with Crippen molar-refractivity contribution in [1.82, 2.24) is 19.9 Å². The van der Waals surface area contributed by atoms with Crippen molar-refractivity contribution in [3.05, 3.63) is 331 Å². The second-order valence-electron chi connectivity index (χ2n) is 38.6. The minimum atomic E-state index is -2.95. The van der Waals surface area contributed by atoms with Gasteiger partial charge in [-0.3, -0.25) is 15.0 Å². The molecule has 3 atom stereocenters. The standard InChI is InChI=1S/4C31H31N2O/c1-17(2)24-15-25(33(7)16-19(24)4)26-18(3)10-11-21-22-13-12-20-23-9-8-14-32-30(23)31(5,6)27(20)29(22)34-28(21)26;1-17(2)22-14-26(33(7)16-19(22)4)28-18(3)10-11-20-24-13-25-23(15-27(24)34-29(20)28)21-9-8-12-32-30(21)31(25,5)6;1-17(2)22-14-26(33(7)16-19(22)4)28-18(3)10-11-20-24-13-23-21-9-8-12-32-30(21)31(5,6)25(23)15-27(24)34-29(20)28;1-17(2)22-15-26(33(7)16-19(22)4)27-18(3)12-13-20-23-14-25-28(32-30(23)34-29(20)27)21-10-8-9-11-24(21)31(25,5)6/h4*8-17H,1-7H3/q4*+1/i2*4D3,5D3,17D;4D3,5D3,6D3,17D;4D3,5D3,17D. The molecule has 0 aliphatic heterocycles. The minimum absolute atomic E-state index is 0.00426. The van der Waals surface area contributed by atoms with Crippen LogP contribution in [0, 0.1) is 55.1 Å². The molecule has 0 spiro atoms. The van der Waals surface area contributed by atoms with Gasteiger partial charge < -0.3 is 17.7 Å². The Morgan fingerprint density at radius 3 is 1.12 bits per heavy atom. The highest BCUT2D eigenvalue weighted by atomic mass is 16.3. The molecule has 0 saturated carbocycles. The van der Waals surface area contributed by atoms with E-state index in [4.69, 9.17) is 65.1 Å². The number of aryl methyl sites for hydroxylation is 12. The SMILES string of the molecule is [2H]C([2H])([2H])c1c[n+](C)c(-c2c(C)ccc3c2oc2c4c(ccc23)-c2cccnc2C4(C)C([2H])([2H])[2H])cc1C([2H])(C)C.[2H]C([2H])([2H])c1c[n+](C)c(-c2c(C)ccc3c2oc2cc4c(cc23)-c2cccnc2C4(C([2H])([2H])[2H])C([2H])([2H])[2H])cc1C([2H])(C)C.[2H]C([2H])([2H])c1c[n+](C)c(-c2c(C)ccc3c2oc2cc4c(cc23)C(C)(C([2H])([2H])[2H])c2ncccc2-4)cc1C([2H])(C)C.[2H]C([2H])([2H])c1c[n+](C)c(-c2c(C)ccc3c2oc2nc4c(cc23)C(C)(C([2H])([2H])[2H])c2ccccc2-4)cc1C([2H])(C)C. The highest BCUT2D eigenvalue weighted by molar-refractivity contribution is 6.16. The summed E-state index contributed by atoms with van der Waals surface area (Å²) in [4.78, 5) is 18.3. The van der Waals surface area contributed by atoms with Crippen LogP contribution in [0.4, 0.5) is 0 Å². The smallest absolute Gasteiger partial charge is 0.227 e. The highest BCUT2D eigenvalue weighted by Crippen LogP contribution is 2.57. The van der Waals surface area contributed by atoms with Gasteiger partial charge in [0.15, 0.2) is 30.4 Å². The lowest BCUT2D eigenvalue weighted by atomic mass is 9.82. The summed E-state index contributed by atoms with van der Waals surface area (Å²) in [5, 5.41) is 6.14. The molecule has 0 fully saturated rings. The van der Waals surface area contributed by atoms with Gasteiger partial charge in [0.25, 0.3) is 0 Å². The second kappa shape index (κ2) is 31.9. The number of nitrogens with zero attached hydrogens (tertiary/aromatic N) is 8. The molecule has 12 heterocycles. The molecule has 0 bridgehead atoms. The van der Waals surface area contributed by atoms with Crippen LogP contribution in [0.15, 0.2) is 237 Å². The predicted octanol–water partition coefficient (Wildman–Crippen LogP) is 30.1. The average Bonchev–Trinajstić information content (AvgIpc) is 1.52. The van der Waals surface area contributed by atoms with Crippen molar-refractivity contribution in [1.29, 1.82) is 0 Å². The van der Waals surface area contributed by atoms with Gasteiger partial charge in [0, 0.05) is 200 Å². The van der Waals surface area contributed by atoms with Crippen molar-refractivity contribution in [3.63, 3.8) is 0 Å². The third kappa shape index (κ3) is 13.5. The number of rotatable bonds is 8. The Bertz CT molecular complexity index is 9590. The molecule has 0 saturated heterocycles. The summed E-state index contributed by atoms with van der Waals surface area (Å²) in [5.41, 5.74) is 18.6. The Morgan fingerprint density at radius 1 is 0.301 bits per heavy atom. The summed E-state index contributed by atoms with van der Waals surface area (Å²) in [6, 6.07) is 54.0. The molecule has 20 aromatic rings. The van der Waals surface area contributed by atoms with Crippen molar-refractivity contribution in [2.75, 3.05) is 0 Å². The first-order valence-corrected chi connectivity index (χ1v) is 45.6. The van der Waals surface area contributed by atoms with Gasteiger partial charge in [-0.1, -0.05) is 194 Å². The van der Waals surface area contributed by atoms with E-state index in [1.807, 2.05) is 155 Å². The molecule has 0 amide bonds. The van der Waals surface area contributed by atoms with Gasteiger partial charge >= 0.3 is 0 Å². The fraction of sp³-hybridized carbons (Fsp3) is 0.290. The third-order valence-electron chi connectivity index (χ3n) is 28.4. The van der Waals surface area contributed by atoms with Crippen molar-refractivity contribution in [2.45, 2.75) is 211 Å². The summed E-state index contributed by atoms with van der Waals surface area (Å²) < 4.78 is 293. The molecule has 12 nitrogen and oxygen atoms in total. The van der Waals surface area contributed by atoms with E-state index in [0.717, 1.165) is 110 Å². The molecule has 8 aromatic carbocycles. The Kier molecular flexibility index (Phi) is 14.0. The van der Waals surface area contributed by atoms with E-state index >= 15 is 0 Å². The van der Waals surface area contributed by atoms with Crippen molar-refractivity contribution in [3.8, 4) is 89.7 Å². The lowest BCUT2D eigenvalue weighted by Gasteiger charge is -2.20. The van der Waals surface area contributed by atoms with Crippen LogP contribution in [0.1, 0.15) is 288 Å². The summed E-state index contributed by atoms with van der Waals surface area (Å²) in [6.07, 6.45) is 11.0. The van der Waals surface area contributed by atoms with Crippen LogP contribution in [-0.4, -0.2) is 19.9 Å². The summed E-state index contributed by atoms with van der Waals surface area (Å²) in [7, 11) is 7.12. The van der Waals surface area contributed by atoms with Crippen LogP contribution in [0.2, 0.25) is 0 Å². The maximum atomic E-state index is 8.74. The molecule has 3 unspecified atom stereocenters. The number of pyridine rings is 8. The maximum Gasteiger partial charge on any atom is 0.227 e. The quantitative estimate of drug-likeness (QED) is 0.138. The number of hydrogen-bond donors (Lipinski definition) is 0. The number of aromatic nitrogens is 8. The molecular formula is C124H124N8O4+4. The lowest BCUT2D eigenvalue weighted by molar-refractivity contribution is -0.660. The zero-order valence-electron chi connectivity index (χ0n) is 110. The van der Waals surface area contributed by atoms with Crippen molar-refractivity contribution < 1.29 is 78.4 Å². The topological polar surface area (TPSA) is 120 Å². The summed E-state index contributed by atoms with van der Waals surface area (Å²) >= 11 is 0. The summed E-state index contributed by atoms with van der Waals surface area (Å²) in [6.45, 7) is 3.92. The van der Waals surface area contributed by atoms with Gasteiger partial charge in [0.2, 0.25) is 28.5 Å². The van der Waals surface area contributed by atoms with Gasteiger partial charge in [-0.2, -0.15) is 0 Å². The largest absolute Gasteiger partial charge is 0.455 e. The fourth-order valence-corrected chi connectivity index (χ4v) is 21.4. The van der Waals surface area contributed by atoms with E-state index in [-0.39, 0.29) is 33.5 Å². The molecule has 0 radical (unpaired) electrons. The average molecular weight is 1820 g/mol. The van der Waals surface area contributed by atoms with E-state index in [1.165, 1.54) is 18.5 Å². The number of benzene rings is 8. The fourth-order valence-electron chi connectivity index (χ4n) is 21.4. The van der Waals surface area contributed by atoms with Crippen LogP contribution in [0.25, 0.3) is 178 Å². The Balaban J connectivity index is 0.000000127. The predicted molar refractivity (Wildman–Crippen MR) is 557 cm³/mol. The molecule has 12 heteroatoms. The molecule has 12 aromatic heterocycles. The molecule has 4 aliphatic rings. The first kappa shape index (κ1) is 59.8. The number of fused-ring (bicyclic) bond motifs is 25. The number of hydrogen-bond acceptors (Lipinski definition) is 8. The van der Waals surface area contributed by atoms with Crippen LogP contribution < -0.4 is 18.3 Å². The van der Waals surface area contributed by atoms with Gasteiger partial charge in [0.1, 0.15) is 61.7 Å². The normalized spacial score (nSPS) is 20.9. The third-order valence-corrected chi connectivity index (χ3v) is 28.4. The lowest BCUT2D eigenvalue weighted by Crippen LogP contribution is -2.32. The first-order chi connectivity index (χ1) is 77.0. The maximum absolute atomic E-state index is 8.74. The molecule has 136 heavy (non-hydrogen) atoms. The molecule has 24 rings (SSSR count). The van der Waals surface area contributed by atoms with E-state index in [9.17, 15) is 0 Å². The van der Waals surface area contributed by atoms with Gasteiger partial charge in [-0.05, 0) is 231 Å². The van der Waals surface area contributed by atoms with E-state index in [1.54, 1.807) is 196 Å². The van der Waals surface area contributed by atoms with Crippen LogP contribution in [0.5, 0.6) is 0 Å². The first-order valence-electron chi connectivity index (χ1n) is 61.1. The number of furan rings is 4. The second-order valence-corrected chi connectivity index (χ2v) is 38.6. The minimum Gasteiger partial charge on any atom is -0.455 e. The molecule has 680 valence electrons. The van der Waals surface area contributed by atoms with E-state index in [2.05, 4.69) is 15.0 Å². The Hall–Kier alpha value is -13.8. The van der Waals surface area contributed by atoms with E-state index < -0.39 is 107 Å². The zero-order valence-corrected chi connectivity index (χ0v) is 79.5. The molecule has 0 N–H and O–H groups in total. The monoisotopic (exact) mass is 1820 g/mol. The zero-order chi connectivity index (χ0) is 122. The Morgan fingerprint density at radius 2 is 0.662 bits per heavy atom. The Labute approximate surface area is 842 Å². The van der Waals surface area contributed by atoms with Gasteiger partial charge in [-0.15, -0.1) is 0 Å². The van der Waals surface area contributed by atoms with E-state index in [0.29, 0.717) is 145 Å². The van der Waals surface area contributed by atoms with Crippen molar-refractivity contribution >= 4 is 87.9 Å². The van der Waals surface area contributed by atoms with Crippen LogP contribution in [-0.2, 0) is 49.9 Å².